The molecule has 160 valence electrons. The number of anilines is 1. The number of hydrogen-bond acceptors (Lipinski definition) is 7. The van der Waals surface area contributed by atoms with Gasteiger partial charge in [-0.25, -0.2) is 9.50 Å². The van der Waals surface area contributed by atoms with Gasteiger partial charge < -0.3 is 14.4 Å². The highest BCUT2D eigenvalue weighted by Crippen LogP contribution is 2.39. The molecule has 2 amide bonds. The lowest BCUT2D eigenvalue weighted by Crippen LogP contribution is -2.38. The van der Waals surface area contributed by atoms with E-state index in [1.165, 1.54) is 10.7 Å². The van der Waals surface area contributed by atoms with E-state index in [2.05, 4.69) is 20.3 Å². The molecule has 0 unspecified atom stereocenters. The Bertz CT molecular complexity index is 1180. The van der Waals surface area contributed by atoms with Gasteiger partial charge in [0.15, 0.2) is 5.65 Å². The Balaban J connectivity index is 1.48. The number of morpholine rings is 1. The second-order valence-corrected chi connectivity index (χ2v) is 8.34. The lowest BCUT2D eigenvalue weighted by Gasteiger charge is -2.30. The summed E-state index contributed by atoms with van der Waals surface area (Å²) in [5.41, 5.74) is 2.44. The molecule has 0 radical (unpaired) electrons. The lowest BCUT2D eigenvalue weighted by molar-refractivity contribution is 0.0849. The van der Waals surface area contributed by atoms with Crippen LogP contribution in [0.3, 0.4) is 0 Å². The number of imide groups is 1. The topological polar surface area (TPSA) is 98.1 Å². The van der Waals surface area contributed by atoms with Crippen molar-refractivity contribution in [2.45, 2.75) is 25.9 Å². The van der Waals surface area contributed by atoms with Gasteiger partial charge in [-0.15, -0.1) is 0 Å². The van der Waals surface area contributed by atoms with E-state index in [1.807, 2.05) is 26.0 Å². The van der Waals surface area contributed by atoms with Crippen LogP contribution < -0.4 is 15.0 Å². The molecule has 2 aliphatic heterocycles. The van der Waals surface area contributed by atoms with Crippen LogP contribution in [0.2, 0.25) is 0 Å². The maximum absolute atomic E-state index is 13.2. The van der Waals surface area contributed by atoms with E-state index in [1.54, 1.807) is 18.5 Å². The molecule has 2 aromatic heterocycles. The van der Waals surface area contributed by atoms with E-state index in [0.717, 1.165) is 17.0 Å². The van der Waals surface area contributed by atoms with Crippen LogP contribution in [0, 0.1) is 0 Å². The fourth-order valence-electron chi connectivity index (χ4n) is 4.11. The van der Waals surface area contributed by atoms with Crippen molar-refractivity contribution in [3.8, 4) is 5.75 Å². The summed E-state index contributed by atoms with van der Waals surface area (Å²) in [5.74, 6) is -0.223. The number of carbonyl (C=O) groups excluding carboxylic acids is 2. The molecule has 3 aromatic rings. The van der Waals surface area contributed by atoms with Crippen molar-refractivity contribution in [2.24, 2.45) is 0 Å². The zero-order valence-electron chi connectivity index (χ0n) is 17.4. The Morgan fingerprint density at radius 3 is 2.71 bits per heavy atom. The summed E-state index contributed by atoms with van der Waals surface area (Å²) in [4.78, 5) is 32.4. The van der Waals surface area contributed by atoms with Gasteiger partial charge in [0.25, 0.3) is 11.8 Å². The number of hydrogen-bond donors (Lipinski definition) is 1. The van der Waals surface area contributed by atoms with E-state index in [0.29, 0.717) is 43.9 Å². The van der Waals surface area contributed by atoms with E-state index in [-0.39, 0.29) is 11.2 Å². The number of carbonyl (C=O) groups is 2. The quantitative estimate of drug-likeness (QED) is 0.645. The van der Waals surface area contributed by atoms with Crippen molar-refractivity contribution in [1.82, 2.24) is 19.9 Å². The van der Waals surface area contributed by atoms with E-state index in [4.69, 9.17) is 9.47 Å². The van der Waals surface area contributed by atoms with Gasteiger partial charge in [-0.1, -0.05) is 0 Å². The first-order valence-corrected chi connectivity index (χ1v) is 10.2. The predicted octanol–water partition coefficient (Wildman–Crippen LogP) is 1.85. The third-order valence-corrected chi connectivity index (χ3v) is 5.53. The highest BCUT2D eigenvalue weighted by Gasteiger charge is 2.33. The van der Waals surface area contributed by atoms with Crippen molar-refractivity contribution < 1.29 is 19.1 Å². The number of benzene rings is 1. The molecule has 9 nitrogen and oxygen atoms in total. The van der Waals surface area contributed by atoms with Crippen LogP contribution in [-0.4, -0.2) is 58.3 Å². The third-order valence-electron chi connectivity index (χ3n) is 5.53. The van der Waals surface area contributed by atoms with Crippen molar-refractivity contribution in [1.29, 1.82) is 0 Å². The second-order valence-electron chi connectivity index (χ2n) is 8.34. The standard InChI is InChI=1S/C22H23N5O4/c1-22(2)12-14-10-15(17(11-18(14)31-22)26-6-8-30-9-7-26)20(28)25-21(29)16-13-24-27-5-3-4-23-19(16)27/h3-5,10-11,13H,6-9,12H2,1-2H3,(H,25,28,29). The SMILES string of the molecule is CC1(C)Cc2cc(C(=O)NC(=O)c3cnn4cccnc34)c(N3CCOCC3)cc2O1. The largest absolute Gasteiger partial charge is 0.487 e. The molecule has 1 N–H and O–H groups in total. The minimum atomic E-state index is -0.538. The van der Waals surface area contributed by atoms with E-state index >= 15 is 0 Å². The fraction of sp³-hybridized carbons (Fsp3) is 0.364. The number of rotatable bonds is 3. The molecular formula is C22H23N5O4. The Hall–Kier alpha value is -3.46. The minimum Gasteiger partial charge on any atom is -0.487 e. The van der Waals surface area contributed by atoms with Crippen LogP contribution >= 0.6 is 0 Å². The molecule has 1 fully saturated rings. The maximum atomic E-state index is 13.2. The van der Waals surface area contributed by atoms with Crippen LogP contribution in [0.15, 0.2) is 36.8 Å². The molecule has 0 bridgehead atoms. The van der Waals surface area contributed by atoms with Gasteiger partial charge in [0.2, 0.25) is 0 Å². The normalized spacial score (nSPS) is 17.3. The summed E-state index contributed by atoms with van der Waals surface area (Å²) in [7, 11) is 0. The molecular weight excluding hydrogens is 398 g/mol. The Labute approximate surface area is 179 Å². The molecule has 0 spiro atoms. The molecule has 2 aliphatic rings. The molecule has 0 saturated carbocycles. The fourth-order valence-corrected chi connectivity index (χ4v) is 4.11. The van der Waals surface area contributed by atoms with Gasteiger partial charge in [-0.05, 0) is 31.5 Å². The molecule has 0 aliphatic carbocycles. The third kappa shape index (κ3) is 3.61. The van der Waals surface area contributed by atoms with Crippen LogP contribution in [0.1, 0.15) is 40.1 Å². The molecule has 31 heavy (non-hydrogen) atoms. The van der Waals surface area contributed by atoms with Crippen molar-refractivity contribution in [3.63, 3.8) is 0 Å². The molecule has 1 aromatic carbocycles. The van der Waals surface area contributed by atoms with Crippen molar-refractivity contribution in [2.75, 3.05) is 31.2 Å². The summed E-state index contributed by atoms with van der Waals surface area (Å²) in [6, 6.07) is 5.47. The number of ether oxygens (including phenoxy) is 2. The molecule has 0 atom stereocenters. The van der Waals surface area contributed by atoms with Crippen LogP contribution in [0.25, 0.3) is 5.65 Å². The first-order valence-electron chi connectivity index (χ1n) is 10.2. The van der Waals surface area contributed by atoms with Crippen molar-refractivity contribution in [3.05, 3.63) is 53.5 Å². The van der Waals surface area contributed by atoms with Gasteiger partial charge in [0.1, 0.15) is 16.9 Å². The van der Waals surface area contributed by atoms with E-state index in [9.17, 15) is 9.59 Å². The second kappa shape index (κ2) is 7.35. The van der Waals surface area contributed by atoms with Crippen LogP contribution in [-0.2, 0) is 11.2 Å². The van der Waals surface area contributed by atoms with Gasteiger partial charge in [0, 0.05) is 38.0 Å². The highest BCUT2D eigenvalue weighted by atomic mass is 16.5. The molecule has 4 heterocycles. The van der Waals surface area contributed by atoms with Gasteiger partial charge >= 0.3 is 0 Å². The summed E-state index contributed by atoms with van der Waals surface area (Å²) in [6.45, 7) is 6.52. The average Bonchev–Trinajstić information content (AvgIpc) is 3.32. The van der Waals surface area contributed by atoms with Crippen LogP contribution in [0.5, 0.6) is 5.75 Å². The Morgan fingerprint density at radius 2 is 1.90 bits per heavy atom. The smallest absolute Gasteiger partial charge is 0.263 e. The van der Waals surface area contributed by atoms with Gasteiger partial charge in [-0.3, -0.25) is 14.9 Å². The molecule has 9 heteroatoms. The number of amides is 2. The summed E-state index contributed by atoms with van der Waals surface area (Å²) < 4.78 is 13.0. The number of nitrogens with zero attached hydrogens (tertiary/aromatic N) is 4. The highest BCUT2D eigenvalue weighted by molar-refractivity contribution is 6.14. The lowest BCUT2D eigenvalue weighted by atomic mass is 9.98. The summed E-state index contributed by atoms with van der Waals surface area (Å²) >= 11 is 0. The Morgan fingerprint density at radius 1 is 1.13 bits per heavy atom. The van der Waals surface area contributed by atoms with Gasteiger partial charge in [-0.2, -0.15) is 5.10 Å². The monoisotopic (exact) mass is 421 g/mol. The zero-order chi connectivity index (χ0) is 21.6. The van der Waals surface area contributed by atoms with Gasteiger partial charge in [0.05, 0.1) is 30.7 Å². The average molecular weight is 421 g/mol. The molecule has 1 saturated heterocycles. The maximum Gasteiger partial charge on any atom is 0.263 e. The number of fused-ring (bicyclic) bond motifs is 2. The Kier molecular flexibility index (Phi) is 4.62. The summed E-state index contributed by atoms with van der Waals surface area (Å²) in [6.07, 6.45) is 5.37. The summed E-state index contributed by atoms with van der Waals surface area (Å²) in [5, 5.41) is 6.63. The minimum absolute atomic E-state index is 0.243. The van der Waals surface area contributed by atoms with Crippen molar-refractivity contribution >= 4 is 23.1 Å². The predicted molar refractivity (Wildman–Crippen MR) is 113 cm³/mol. The molecule has 5 rings (SSSR count). The number of aromatic nitrogens is 3. The van der Waals surface area contributed by atoms with E-state index < -0.39 is 11.8 Å². The number of nitrogens with one attached hydrogen (secondary N) is 1. The first-order chi connectivity index (χ1) is 14.9. The van der Waals surface area contributed by atoms with Crippen LogP contribution in [0.4, 0.5) is 5.69 Å². The zero-order valence-corrected chi connectivity index (χ0v) is 17.4. The first kappa shape index (κ1) is 19.5.